The summed E-state index contributed by atoms with van der Waals surface area (Å²) >= 11 is 0. The quantitative estimate of drug-likeness (QED) is 0.665. The summed E-state index contributed by atoms with van der Waals surface area (Å²) in [6.45, 7) is 6.22. The minimum Gasteiger partial charge on any atom is -0.460 e. The molecule has 0 radical (unpaired) electrons. The molecule has 0 bridgehead atoms. The Kier molecular flexibility index (Phi) is 5.24. The second-order valence-electron chi connectivity index (χ2n) is 8.31. The molecular formula is C22H24FN5O2. The number of halogens is 1. The van der Waals surface area contributed by atoms with Gasteiger partial charge in [-0.15, -0.1) is 0 Å². The summed E-state index contributed by atoms with van der Waals surface area (Å²) in [6.07, 6.45) is 3.74. The van der Waals surface area contributed by atoms with Crippen LogP contribution in [-0.2, 0) is 22.5 Å². The van der Waals surface area contributed by atoms with Crippen molar-refractivity contribution in [3.63, 3.8) is 0 Å². The lowest BCUT2D eigenvalue weighted by Crippen LogP contribution is -2.36. The van der Waals surface area contributed by atoms with Gasteiger partial charge >= 0.3 is 5.97 Å². The number of ether oxygens (including phenoxy) is 1. The minimum absolute atomic E-state index is 0.256. The second kappa shape index (κ2) is 7.85. The van der Waals surface area contributed by atoms with Crippen molar-refractivity contribution in [2.75, 3.05) is 11.9 Å². The van der Waals surface area contributed by atoms with Crippen LogP contribution in [0.25, 0.3) is 11.5 Å². The van der Waals surface area contributed by atoms with Gasteiger partial charge < -0.3 is 10.1 Å². The van der Waals surface area contributed by atoms with Crippen LogP contribution < -0.4 is 5.32 Å². The van der Waals surface area contributed by atoms with E-state index in [2.05, 4.69) is 20.4 Å². The molecule has 1 N–H and O–H groups in total. The molecule has 1 aromatic carbocycles. The Morgan fingerprint density at radius 1 is 1.23 bits per heavy atom. The number of hydrogen-bond donors (Lipinski definition) is 1. The Hall–Kier alpha value is -3.29. The van der Waals surface area contributed by atoms with Crippen molar-refractivity contribution >= 4 is 11.8 Å². The maximum absolute atomic E-state index is 14.2. The van der Waals surface area contributed by atoms with E-state index in [1.165, 1.54) is 6.07 Å². The summed E-state index contributed by atoms with van der Waals surface area (Å²) < 4.78 is 21.5. The fraction of sp³-hybridized carbons (Fsp3) is 0.364. The zero-order valence-electron chi connectivity index (χ0n) is 17.2. The van der Waals surface area contributed by atoms with E-state index in [-0.39, 0.29) is 24.2 Å². The van der Waals surface area contributed by atoms with Crippen molar-refractivity contribution in [1.29, 1.82) is 0 Å². The molecule has 0 saturated carbocycles. The summed E-state index contributed by atoms with van der Waals surface area (Å²) in [5.41, 5.74) is 1.39. The molecule has 8 heteroatoms. The van der Waals surface area contributed by atoms with E-state index in [9.17, 15) is 9.18 Å². The van der Waals surface area contributed by atoms with Gasteiger partial charge in [-0.1, -0.05) is 18.2 Å². The SMILES string of the molecule is CC(C)(C)OC(=O)C1CNc2c(c(-c3ncccn3)nn2Cc2ccccc2F)C1. The molecule has 2 aromatic heterocycles. The first-order valence-electron chi connectivity index (χ1n) is 9.89. The molecule has 1 aliphatic heterocycles. The number of rotatable bonds is 4. The predicted molar refractivity (Wildman–Crippen MR) is 110 cm³/mol. The van der Waals surface area contributed by atoms with Crippen LogP contribution in [0.5, 0.6) is 0 Å². The first kappa shape index (κ1) is 20.0. The number of anilines is 1. The fourth-order valence-corrected chi connectivity index (χ4v) is 3.48. The monoisotopic (exact) mass is 409 g/mol. The van der Waals surface area contributed by atoms with E-state index in [1.807, 2.05) is 20.8 Å². The van der Waals surface area contributed by atoms with E-state index in [0.717, 1.165) is 11.4 Å². The Bertz CT molecular complexity index is 1060. The normalized spacial score (nSPS) is 15.9. The van der Waals surface area contributed by atoms with Crippen molar-refractivity contribution in [2.45, 2.75) is 39.3 Å². The third-order valence-corrected chi connectivity index (χ3v) is 4.81. The summed E-state index contributed by atoms with van der Waals surface area (Å²) in [5.74, 6) is 0.308. The molecular weight excluding hydrogens is 385 g/mol. The Balaban J connectivity index is 1.70. The molecule has 0 fully saturated rings. The van der Waals surface area contributed by atoms with Gasteiger partial charge in [-0.3, -0.25) is 4.79 Å². The van der Waals surface area contributed by atoms with Gasteiger partial charge in [-0.05, 0) is 39.3 Å². The molecule has 3 aromatic rings. The smallest absolute Gasteiger partial charge is 0.311 e. The maximum atomic E-state index is 14.2. The van der Waals surface area contributed by atoms with Gasteiger partial charge in [-0.25, -0.2) is 19.0 Å². The van der Waals surface area contributed by atoms with E-state index in [1.54, 1.807) is 41.3 Å². The first-order chi connectivity index (χ1) is 14.3. The molecule has 0 saturated heterocycles. The number of aromatic nitrogens is 4. The molecule has 4 rings (SSSR count). The number of nitrogens with one attached hydrogen (secondary N) is 1. The van der Waals surface area contributed by atoms with Crippen LogP contribution in [0.3, 0.4) is 0 Å². The third-order valence-electron chi connectivity index (χ3n) is 4.81. The van der Waals surface area contributed by atoms with Crippen molar-refractivity contribution in [3.05, 3.63) is 59.7 Å². The van der Waals surface area contributed by atoms with E-state index in [0.29, 0.717) is 30.0 Å². The molecule has 156 valence electrons. The largest absolute Gasteiger partial charge is 0.460 e. The van der Waals surface area contributed by atoms with Gasteiger partial charge in [0.25, 0.3) is 0 Å². The van der Waals surface area contributed by atoms with E-state index < -0.39 is 5.60 Å². The van der Waals surface area contributed by atoms with Gasteiger partial charge in [0, 0.05) is 30.1 Å². The molecule has 1 unspecified atom stereocenters. The van der Waals surface area contributed by atoms with Crippen LogP contribution in [0.4, 0.5) is 10.2 Å². The lowest BCUT2D eigenvalue weighted by atomic mass is 9.95. The Labute approximate surface area is 174 Å². The number of carbonyl (C=O) groups is 1. The number of hydrogen-bond acceptors (Lipinski definition) is 6. The number of carbonyl (C=O) groups excluding carboxylic acids is 1. The second-order valence-corrected chi connectivity index (χ2v) is 8.31. The van der Waals surface area contributed by atoms with Gasteiger partial charge in [0.2, 0.25) is 0 Å². The zero-order valence-corrected chi connectivity index (χ0v) is 17.2. The molecule has 0 spiro atoms. The maximum Gasteiger partial charge on any atom is 0.311 e. The molecule has 1 aliphatic rings. The van der Waals surface area contributed by atoms with Gasteiger partial charge in [0.05, 0.1) is 12.5 Å². The summed E-state index contributed by atoms with van der Waals surface area (Å²) in [6, 6.07) is 8.34. The van der Waals surface area contributed by atoms with Gasteiger partial charge in [0.1, 0.15) is 22.9 Å². The highest BCUT2D eigenvalue weighted by Gasteiger charge is 2.33. The average Bonchev–Trinajstić information content (AvgIpc) is 3.07. The highest BCUT2D eigenvalue weighted by Crippen LogP contribution is 2.34. The molecule has 30 heavy (non-hydrogen) atoms. The highest BCUT2D eigenvalue weighted by atomic mass is 19.1. The summed E-state index contributed by atoms with van der Waals surface area (Å²) in [7, 11) is 0. The van der Waals surface area contributed by atoms with Crippen molar-refractivity contribution in [1.82, 2.24) is 19.7 Å². The summed E-state index contributed by atoms with van der Waals surface area (Å²) in [4.78, 5) is 21.3. The van der Waals surface area contributed by atoms with Crippen molar-refractivity contribution in [3.8, 4) is 11.5 Å². The highest BCUT2D eigenvalue weighted by molar-refractivity contribution is 5.77. The van der Waals surface area contributed by atoms with E-state index in [4.69, 9.17) is 4.74 Å². The minimum atomic E-state index is -0.558. The van der Waals surface area contributed by atoms with Crippen LogP contribution in [0.15, 0.2) is 42.7 Å². The van der Waals surface area contributed by atoms with E-state index >= 15 is 0 Å². The molecule has 0 amide bonds. The van der Waals surface area contributed by atoms with Crippen molar-refractivity contribution in [2.24, 2.45) is 5.92 Å². The average molecular weight is 409 g/mol. The Morgan fingerprint density at radius 3 is 2.67 bits per heavy atom. The van der Waals surface area contributed by atoms with Crippen LogP contribution in [0.2, 0.25) is 0 Å². The summed E-state index contributed by atoms with van der Waals surface area (Å²) in [5, 5.41) is 7.98. The topological polar surface area (TPSA) is 81.9 Å². The molecule has 3 heterocycles. The molecule has 1 atom stereocenters. The van der Waals surface area contributed by atoms with Crippen LogP contribution in [0, 0.1) is 11.7 Å². The van der Waals surface area contributed by atoms with Crippen LogP contribution in [-0.4, -0.2) is 37.9 Å². The Morgan fingerprint density at radius 2 is 1.97 bits per heavy atom. The number of benzene rings is 1. The first-order valence-corrected chi connectivity index (χ1v) is 9.89. The van der Waals surface area contributed by atoms with Gasteiger partial charge in [-0.2, -0.15) is 5.10 Å². The number of nitrogens with zero attached hydrogens (tertiary/aromatic N) is 4. The van der Waals surface area contributed by atoms with Gasteiger partial charge in [0.15, 0.2) is 5.82 Å². The predicted octanol–water partition coefficient (Wildman–Crippen LogP) is 3.45. The standard InChI is InChI=1S/C22H24FN5O2/c1-22(2,3)30-21(29)15-11-16-18(19-24-9-6-10-25-19)27-28(20(16)26-12-15)13-14-7-4-5-8-17(14)23/h4-10,15,26H,11-13H2,1-3H3. The third kappa shape index (κ3) is 4.17. The lowest BCUT2D eigenvalue weighted by molar-refractivity contribution is -0.159. The molecule has 7 nitrogen and oxygen atoms in total. The molecule has 0 aliphatic carbocycles. The number of fused-ring (bicyclic) bond motifs is 1. The zero-order chi connectivity index (χ0) is 21.3. The fourth-order valence-electron chi connectivity index (χ4n) is 3.48. The van der Waals surface area contributed by atoms with Crippen LogP contribution >= 0.6 is 0 Å². The van der Waals surface area contributed by atoms with Crippen molar-refractivity contribution < 1.29 is 13.9 Å². The lowest BCUT2D eigenvalue weighted by Gasteiger charge is -2.27. The number of esters is 1. The van der Waals surface area contributed by atoms with Crippen LogP contribution in [0.1, 0.15) is 31.9 Å².